The summed E-state index contributed by atoms with van der Waals surface area (Å²) in [6.45, 7) is 5.39. The van der Waals surface area contributed by atoms with Crippen molar-refractivity contribution in [3.63, 3.8) is 0 Å². The Balaban J connectivity index is 2.08. The van der Waals surface area contributed by atoms with Gasteiger partial charge in [0.05, 0.1) is 18.1 Å². The fourth-order valence-electron chi connectivity index (χ4n) is 2.67. The largest absolute Gasteiger partial charge is 0.382 e. The lowest BCUT2D eigenvalue weighted by molar-refractivity contribution is 0.495. The van der Waals surface area contributed by atoms with Crippen molar-refractivity contribution >= 4 is 5.84 Å². The lowest BCUT2D eigenvalue weighted by atomic mass is 9.88. The first-order valence-electron chi connectivity index (χ1n) is 6.40. The average Bonchev–Trinajstić information content (AvgIpc) is 2.73. The van der Waals surface area contributed by atoms with Gasteiger partial charge in [-0.3, -0.25) is 4.99 Å². The highest BCUT2D eigenvalue weighted by Gasteiger charge is 2.32. The number of aromatic nitrogens is 2. The Morgan fingerprint density at radius 2 is 2.11 bits per heavy atom. The minimum Gasteiger partial charge on any atom is -0.382 e. The van der Waals surface area contributed by atoms with Crippen LogP contribution in [0.4, 0.5) is 0 Å². The number of allylic oxidation sites excluding steroid dienone is 2. The number of nitrogens with two attached hydrogens (primary N) is 1. The van der Waals surface area contributed by atoms with Gasteiger partial charge in [-0.05, 0) is 5.92 Å². The van der Waals surface area contributed by atoms with Crippen molar-refractivity contribution in [1.82, 2.24) is 9.55 Å². The number of imidazole rings is 1. The molecule has 1 aromatic heterocycles. The van der Waals surface area contributed by atoms with E-state index in [2.05, 4.69) is 46.6 Å². The summed E-state index contributed by atoms with van der Waals surface area (Å²) < 4.78 is 2.22. The van der Waals surface area contributed by atoms with Crippen molar-refractivity contribution in [2.45, 2.75) is 32.4 Å². The predicted molar refractivity (Wildman–Crippen MR) is 72.6 cm³/mol. The van der Waals surface area contributed by atoms with Crippen LogP contribution in [-0.4, -0.2) is 21.4 Å². The molecule has 2 N–H and O–H groups in total. The van der Waals surface area contributed by atoms with Gasteiger partial charge >= 0.3 is 0 Å². The molecule has 0 radical (unpaired) electrons. The standard InChI is InChI=1S/C14H18N4/c1-9(2)7-18-8-16-12-13(18)10-5-3-4-6-11(10)17-14(12)15/h3-6,8-11H,7H2,1-2H3,(H2,15,17). The van der Waals surface area contributed by atoms with Crippen molar-refractivity contribution in [3.8, 4) is 0 Å². The Hall–Kier alpha value is -1.84. The van der Waals surface area contributed by atoms with E-state index in [0.29, 0.717) is 11.8 Å². The number of fused-ring (bicyclic) bond motifs is 3. The SMILES string of the molecule is CC(C)Cn1cnc2c1C1C=CC=CC1N=C2N. The number of hydrogen-bond donors (Lipinski definition) is 1. The van der Waals surface area contributed by atoms with Gasteiger partial charge < -0.3 is 10.3 Å². The van der Waals surface area contributed by atoms with Gasteiger partial charge in [-0.1, -0.05) is 38.2 Å². The van der Waals surface area contributed by atoms with Crippen molar-refractivity contribution in [2.24, 2.45) is 16.6 Å². The highest BCUT2D eigenvalue weighted by molar-refractivity contribution is 5.98. The summed E-state index contributed by atoms with van der Waals surface area (Å²) in [4.78, 5) is 8.95. The molecule has 1 aromatic rings. The Morgan fingerprint density at radius 3 is 2.89 bits per heavy atom. The summed E-state index contributed by atoms with van der Waals surface area (Å²) in [5.74, 6) is 1.43. The van der Waals surface area contributed by atoms with Gasteiger partial charge in [-0.25, -0.2) is 4.98 Å². The summed E-state index contributed by atoms with van der Waals surface area (Å²) >= 11 is 0. The first-order valence-corrected chi connectivity index (χ1v) is 6.40. The maximum atomic E-state index is 6.01. The molecule has 0 aromatic carbocycles. The molecule has 0 saturated heterocycles. The number of rotatable bonds is 2. The van der Waals surface area contributed by atoms with E-state index >= 15 is 0 Å². The van der Waals surface area contributed by atoms with E-state index in [0.717, 1.165) is 12.2 Å². The molecule has 4 heteroatoms. The normalized spacial score (nSPS) is 24.9. The average molecular weight is 242 g/mol. The fraction of sp³-hybridized carbons (Fsp3) is 0.429. The van der Waals surface area contributed by atoms with Crippen molar-refractivity contribution < 1.29 is 0 Å². The van der Waals surface area contributed by atoms with Gasteiger partial charge in [-0.2, -0.15) is 0 Å². The summed E-state index contributed by atoms with van der Waals surface area (Å²) in [5.41, 5.74) is 8.08. The zero-order chi connectivity index (χ0) is 12.7. The molecule has 2 unspecified atom stereocenters. The molecule has 2 heterocycles. The van der Waals surface area contributed by atoms with Crippen LogP contribution in [-0.2, 0) is 6.54 Å². The molecular weight excluding hydrogens is 224 g/mol. The second-order valence-electron chi connectivity index (χ2n) is 5.33. The van der Waals surface area contributed by atoms with Crippen molar-refractivity contribution in [2.75, 3.05) is 0 Å². The van der Waals surface area contributed by atoms with E-state index in [1.54, 1.807) is 0 Å². The zero-order valence-corrected chi connectivity index (χ0v) is 10.7. The Morgan fingerprint density at radius 1 is 1.33 bits per heavy atom. The van der Waals surface area contributed by atoms with E-state index in [-0.39, 0.29) is 12.0 Å². The molecular formula is C14H18N4. The first-order chi connectivity index (χ1) is 8.66. The molecule has 1 aliphatic heterocycles. The Kier molecular flexibility index (Phi) is 2.58. The molecule has 18 heavy (non-hydrogen) atoms. The number of hydrogen-bond acceptors (Lipinski definition) is 3. The third-order valence-electron chi connectivity index (χ3n) is 3.39. The molecule has 0 saturated carbocycles. The summed E-state index contributed by atoms with van der Waals surface area (Å²) in [6.07, 6.45) is 10.3. The minimum atomic E-state index is 0.130. The van der Waals surface area contributed by atoms with Crippen LogP contribution < -0.4 is 5.73 Å². The van der Waals surface area contributed by atoms with E-state index in [4.69, 9.17) is 5.73 Å². The van der Waals surface area contributed by atoms with Crippen LogP contribution in [0.5, 0.6) is 0 Å². The van der Waals surface area contributed by atoms with Crippen LogP contribution in [0.25, 0.3) is 0 Å². The minimum absolute atomic E-state index is 0.130. The zero-order valence-electron chi connectivity index (χ0n) is 10.7. The third-order valence-corrected chi connectivity index (χ3v) is 3.39. The Labute approximate surface area is 107 Å². The number of amidine groups is 1. The van der Waals surface area contributed by atoms with E-state index in [1.165, 1.54) is 5.69 Å². The molecule has 2 aliphatic rings. The lowest BCUT2D eigenvalue weighted by Gasteiger charge is -2.27. The van der Waals surface area contributed by atoms with Crippen LogP contribution in [0.1, 0.15) is 31.2 Å². The van der Waals surface area contributed by atoms with Gasteiger partial charge in [0.25, 0.3) is 0 Å². The van der Waals surface area contributed by atoms with Crippen molar-refractivity contribution in [1.29, 1.82) is 0 Å². The topological polar surface area (TPSA) is 56.2 Å². The molecule has 2 atom stereocenters. The van der Waals surface area contributed by atoms with Gasteiger partial charge in [0.1, 0.15) is 11.5 Å². The summed E-state index contributed by atoms with van der Waals surface area (Å²) in [6, 6.07) is 0.130. The number of aliphatic imine (C=N–C) groups is 1. The predicted octanol–water partition coefficient (Wildman–Crippen LogP) is 1.84. The highest BCUT2D eigenvalue weighted by Crippen LogP contribution is 2.33. The maximum absolute atomic E-state index is 6.01. The third kappa shape index (κ3) is 1.68. The van der Waals surface area contributed by atoms with Gasteiger partial charge in [-0.15, -0.1) is 0 Å². The van der Waals surface area contributed by atoms with Gasteiger partial charge in [0.2, 0.25) is 0 Å². The Bertz CT molecular complexity index is 548. The second kappa shape index (κ2) is 4.12. The van der Waals surface area contributed by atoms with Crippen LogP contribution in [0.3, 0.4) is 0 Å². The molecule has 94 valence electrons. The maximum Gasteiger partial charge on any atom is 0.147 e. The van der Waals surface area contributed by atoms with Crippen LogP contribution >= 0.6 is 0 Å². The second-order valence-corrected chi connectivity index (χ2v) is 5.33. The molecule has 0 amide bonds. The lowest BCUT2D eigenvalue weighted by Crippen LogP contribution is -2.31. The summed E-state index contributed by atoms with van der Waals surface area (Å²) in [5, 5.41) is 0. The first kappa shape index (κ1) is 11.3. The van der Waals surface area contributed by atoms with E-state index < -0.39 is 0 Å². The van der Waals surface area contributed by atoms with Crippen molar-refractivity contribution in [3.05, 3.63) is 42.0 Å². The molecule has 1 aliphatic carbocycles. The molecule has 0 fully saturated rings. The van der Waals surface area contributed by atoms with Crippen LogP contribution in [0.15, 0.2) is 35.6 Å². The molecule has 4 nitrogen and oxygen atoms in total. The smallest absolute Gasteiger partial charge is 0.147 e. The molecule has 0 bridgehead atoms. The van der Waals surface area contributed by atoms with Crippen LogP contribution in [0.2, 0.25) is 0 Å². The van der Waals surface area contributed by atoms with Gasteiger partial charge in [0, 0.05) is 12.5 Å². The summed E-state index contributed by atoms with van der Waals surface area (Å²) in [7, 11) is 0. The van der Waals surface area contributed by atoms with Crippen LogP contribution in [0, 0.1) is 5.92 Å². The van der Waals surface area contributed by atoms with E-state index in [1.807, 2.05) is 12.4 Å². The molecule has 3 rings (SSSR count). The monoisotopic (exact) mass is 242 g/mol. The quantitative estimate of drug-likeness (QED) is 0.860. The fourth-order valence-corrected chi connectivity index (χ4v) is 2.67. The van der Waals surface area contributed by atoms with E-state index in [9.17, 15) is 0 Å². The van der Waals surface area contributed by atoms with Gasteiger partial charge in [0.15, 0.2) is 0 Å². The number of nitrogens with zero attached hydrogens (tertiary/aromatic N) is 3. The highest BCUT2D eigenvalue weighted by atomic mass is 15.1. The molecule has 0 spiro atoms.